The lowest BCUT2D eigenvalue weighted by Crippen LogP contribution is -2.52. The quantitative estimate of drug-likeness (QED) is 0.548. The Morgan fingerprint density at radius 3 is 2.72 bits per heavy atom. The number of fused-ring (bicyclic) bond motifs is 1. The minimum absolute atomic E-state index is 0.194. The number of para-hydroxylation sites is 1. The minimum atomic E-state index is -0.690. The highest BCUT2D eigenvalue weighted by Crippen LogP contribution is 2.29. The number of nitrogens with zero attached hydrogens (tertiary/aromatic N) is 2. The molecule has 1 atom stereocenters. The summed E-state index contributed by atoms with van der Waals surface area (Å²) in [6.45, 7) is 0.268. The van der Waals surface area contributed by atoms with E-state index in [9.17, 15) is 19.2 Å². The summed E-state index contributed by atoms with van der Waals surface area (Å²) in [7, 11) is 0. The van der Waals surface area contributed by atoms with Crippen LogP contribution in [0, 0.1) is 0 Å². The zero-order chi connectivity index (χ0) is 22.2. The van der Waals surface area contributed by atoms with Crippen LogP contribution < -0.4 is 10.6 Å². The highest BCUT2D eigenvalue weighted by molar-refractivity contribution is 6.09. The predicted molar refractivity (Wildman–Crippen MR) is 114 cm³/mol. The van der Waals surface area contributed by atoms with E-state index in [1.807, 2.05) is 18.2 Å². The Balaban J connectivity index is 1.37. The van der Waals surface area contributed by atoms with E-state index >= 15 is 0 Å². The van der Waals surface area contributed by atoms with Gasteiger partial charge in [0.05, 0.1) is 5.69 Å². The summed E-state index contributed by atoms with van der Waals surface area (Å²) in [4.78, 5) is 58.3. The van der Waals surface area contributed by atoms with Gasteiger partial charge in [0, 0.05) is 42.0 Å². The first-order valence-electron chi connectivity index (χ1n) is 10.2. The maximum Gasteiger partial charge on any atom is 0.255 e. The van der Waals surface area contributed by atoms with Crippen molar-refractivity contribution in [1.82, 2.24) is 20.2 Å². The maximum atomic E-state index is 13.0. The Kier molecular flexibility index (Phi) is 4.78. The van der Waals surface area contributed by atoms with E-state index in [-0.39, 0.29) is 30.7 Å². The summed E-state index contributed by atoms with van der Waals surface area (Å²) in [5.41, 5.74) is 2.79. The number of rotatable bonds is 4. The van der Waals surface area contributed by atoms with Crippen molar-refractivity contribution in [2.45, 2.75) is 25.4 Å². The van der Waals surface area contributed by atoms with E-state index in [2.05, 4.69) is 20.6 Å². The third-order valence-corrected chi connectivity index (χ3v) is 5.72. The van der Waals surface area contributed by atoms with Crippen molar-refractivity contribution in [2.75, 3.05) is 5.32 Å². The average Bonchev–Trinajstić information content (AvgIpc) is 3.43. The molecule has 160 valence electrons. The number of hydrogen-bond donors (Lipinski definition) is 3. The molecule has 1 saturated heterocycles. The van der Waals surface area contributed by atoms with Crippen molar-refractivity contribution in [3.8, 4) is 11.4 Å². The van der Waals surface area contributed by atoms with E-state index < -0.39 is 11.9 Å². The summed E-state index contributed by atoms with van der Waals surface area (Å²) in [5.74, 6) is -0.844. The molecule has 2 aliphatic heterocycles. The van der Waals surface area contributed by atoms with Gasteiger partial charge < -0.3 is 15.2 Å². The Morgan fingerprint density at radius 1 is 1.09 bits per heavy atom. The van der Waals surface area contributed by atoms with Gasteiger partial charge in [0.1, 0.15) is 11.9 Å². The third kappa shape index (κ3) is 3.43. The zero-order valence-corrected chi connectivity index (χ0v) is 16.9. The number of hydrogen-bond acceptors (Lipinski definition) is 5. The molecule has 2 aromatic carbocycles. The van der Waals surface area contributed by atoms with Crippen molar-refractivity contribution in [3.63, 3.8) is 0 Å². The van der Waals surface area contributed by atoms with E-state index in [4.69, 9.17) is 0 Å². The second-order valence-electron chi connectivity index (χ2n) is 7.71. The van der Waals surface area contributed by atoms with Gasteiger partial charge in [-0.25, -0.2) is 4.98 Å². The molecule has 1 aromatic heterocycles. The number of H-pyrrole nitrogens is 1. The lowest BCUT2D eigenvalue weighted by molar-refractivity contribution is -0.136. The third-order valence-electron chi connectivity index (χ3n) is 5.72. The highest BCUT2D eigenvalue weighted by Gasteiger charge is 2.39. The second kappa shape index (κ2) is 7.77. The number of carbonyl (C=O) groups is 4. The fraction of sp³-hybridized carbons (Fsp3) is 0.174. The second-order valence-corrected chi connectivity index (χ2v) is 7.71. The number of aromatic amines is 1. The number of aromatic nitrogens is 2. The van der Waals surface area contributed by atoms with Crippen LogP contribution in [0.15, 0.2) is 54.9 Å². The summed E-state index contributed by atoms with van der Waals surface area (Å²) in [6, 6.07) is 11.5. The Bertz CT molecular complexity index is 1250. The van der Waals surface area contributed by atoms with E-state index in [0.717, 1.165) is 11.1 Å². The molecule has 0 spiro atoms. The van der Waals surface area contributed by atoms with Crippen LogP contribution in [0.3, 0.4) is 0 Å². The Labute approximate surface area is 182 Å². The van der Waals surface area contributed by atoms with E-state index in [1.54, 1.807) is 36.7 Å². The Hall–Kier alpha value is -4.27. The van der Waals surface area contributed by atoms with Crippen LogP contribution in [0.5, 0.6) is 0 Å². The number of benzene rings is 2. The molecule has 3 heterocycles. The van der Waals surface area contributed by atoms with E-state index in [0.29, 0.717) is 29.1 Å². The lowest BCUT2D eigenvalue weighted by Gasteiger charge is -2.29. The van der Waals surface area contributed by atoms with Crippen LogP contribution in [0.1, 0.15) is 39.1 Å². The standard InChI is InChI=1S/C23H19N5O4/c29-19-8-7-18(22(31)27-19)28-12-14-6-5-13(11-16(14)23(28)32)21(30)26-17-4-2-1-3-15(17)20-24-9-10-25-20/h1-6,9-11,18H,7-8,12H2,(H,24,25)(H,26,30)(H,27,29,31). The van der Waals surface area contributed by atoms with Crippen LogP contribution in [0.25, 0.3) is 11.4 Å². The van der Waals surface area contributed by atoms with Gasteiger partial charge in [0.25, 0.3) is 11.8 Å². The molecule has 9 heteroatoms. The molecule has 2 aliphatic rings. The molecule has 0 radical (unpaired) electrons. The number of imidazole rings is 1. The van der Waals surface area contributed by atoms with Gasteiger partial charge in [0.15, 0.2) is 0 Å². The van der Waals surface area contributed by atoms with Crippen LogP contribution in [0.2, 0.25) is 0 Å². The van der Waals surface area contributed by atoms with Crippen LogP contribution >= 0.6 is 0 Å². The minimum Gasteiger partial charge on any atom is -0.345 e. The Morgan fingerprint density at radius 2 is 1.94 bits per heavy atom. The number of imide groups is 1. The number of carbonyl (C=O) groups excluding carboxylic acids is 4. The first-order chi connectivity index (χ1) is 15.5. The molecule has 9 nitrogen and oxygen atoms in total. The highest BCUT2D eigenvalue weighted by atomic mass is 16.2. The molecule has 1 fully saturated rings. The molecule has 1 unspecified atom stereocenters. The largest absolute Gasteiger partial charge is 0.345 e. The average molecular weight is 429 g/mol. The van der Waals surface area contributed by atoms with Gasteiger partial charge in [-0.2, -0.15) is 0 Å². The molecule has 0 aliphatic carbocycles. The van der Waals surface area contributed by atoms with Crippen molar-refractivity contribution in [1.29, 1.82) is 0 Å². The fourth-order valence-electron chi connectivity index (χ4n) is 4.10. The SMILES string of the molecule is O=C1CCC(N2Cc3ccc(C(=O)Nc4ccccc4-c4ncc[nH]4)cc3C2=O)C(=O)N1. The van der Waals surface area contributed by atoms with Gasteiger partial charge in [-0.1, -0.05) is 18.2 Å². The van der Waals surface area contributed by atoms with Crippen molar-refractivity contribution in [2.24, 2.45) is 0 Å². The van der Waals surface area contributed by atoms with Crippen LogP contribution in [-0.4, -0.2) is 44.5 Å². The van der Waals surface area contributed by atoms with Gasteiger partial charge in [-0.15, -0.1) is 0 Å². The lowest BCUT2D eigenvalue weighted by atomic mass is 10.0. The van der Waals surface area contributed by atoms with Gasteiger partial charge in [0.2, 0.25) is 11.8 Å². The van der Waals surface area contributed by atoms with Crippen molar-refractivity contribution < 1.29 is 19.2 Å². The number of amides is 4. The number of anilines is 1. The topological polar surface area (TPSA) is 124 Å². The molecule has 32 heavy (non-hydrogen) atoms. The molecule has 0 bridgehead atoms. The van der Waals surface area contributed by atoms with Gasteiger partial charge >= 0.3 is 0 Å². The van der Waals surface area contributed by atoms with Crippen LogP contribution in [-0.2, 0) is 16.1 Å². The van der Waals surface area contributed by atoms with Crippen molar-refractivity contribution >= 4 is 29.3 Å². The monoisotopic (exact) mass is 429 g/mol. The molecular weight excluding hydrogens is 410 g/mol. The first-order valence-corrected chi connectivity index (χ1v) is 10.2. The molecule has 3 N–H and O–H groups in total. The van der Waals surface area contributed by atoms with E-state index in [1.165, 1.54) is 4.90 Å². The molecule has 4 amide bonds. The fourth-order valence-corrected chi connectivity index (χ4v) is 4.10. The molecular formula is C23H19N5O4. The predicted octanol–water partition coefficient (Wildman–Crippen LogP) is 2.09. The van der Waals surface area contributed by atoms with Gasteiger partial charge in [-0.3, -0.25) is 24.5 Å². The first kappa shape index (κ1) is 19.7. The summed E-state index contributed by atoms with van der Waals surface area (Å²) in [5, 5.41) is 5.17. The molecule has 3 aromatic rings. The summed E-state index contributed by atoms with van der Waals surface area (Å²) < 4.78 is 0. The summed E-state index contributed by atoms with van der Waals surface area (Å²) >= 11 is 0. The van der Waals surface area contributed by atoms with Gasteiger partial charge in [-0.05, 0) is 36.2 Å². The van der Waals surface area contributed by atoms with Crippen molar-refractivity contribution in [3.05, 3.63) is 71.5 Å². The smallest absolute Gasteiger partial charge is 0.255 e. The number of nitrogens with one attached hydrogen (secondary N) is 3. The maximum absolute atomic E-state index is 13.0. The number of piperidine rings is 1. The normalized spacial score (nSPS) is 17.8. The van der Waals surface area contributed by atoms with Crippen LogP contribution in [0.4, 0.5) is 5.69 Å². The zero-order valence-electron chi connectivity index (χ0n) is 16.9. The summed E-state index contributed by atoms with van der Waals surface area (Å²) in [6.07, 6.45) is 3.82. The molecule has 0 saturated carbocycles. The molecule has 5 rings (SSSR count).